The number of hydrogen-bond donors (Lipinski definition) is 0. The standard InChI is InChI=1S/5ClH.Sr/h5*1H;/q;;;;;+5/p-5. The third-order valence-electron chi connectivity index (χ3n) is 0. The second-order valence-corrected chi connectivity index (χ2v) is 53.8. The maximum atomic E-state index is 5.07. The van der Waals surface area contributed by atoms with Gasteiger partial charge in [-0.15, -0.1) is 0 Å². The van der Waals surface area contributed by atoms with Gasteiger partial charge in [0.15, 0.2) is 0 Å². The summed E-state index contributed by atoms with van der Waals surface area (Å²) in [5.41, 5.74) is 0. The van der Waals surface area contributed by atoms with Crippen molar-refractivity contribution in [2.45, 2.75) is 0 Å². The summed E-state index contributed by atoms with van der Waals surface area (Å²) in [6.07, 6.45) is 0. The fourth-order valence-electron chi connectivity index (χ4n) is 0. The zero-order valence-corrected chi connectivity index (χ0v) is 9.85. The molecule has 0 nitrogen and oxygen atoms in total. The number of halogens is 5. The maximum absolute atomic E-state index is 5.07. The van der Waals surface area contributed by atoms with Crippen molar-refractivity contribution in [2.75, 3.05) is 0 Å². The van der Waals surface area contributed by atoms with Crippen molar-refractivity contribution in [3.05, 3.63) is 0 Å². The van der Waals surface area contributed by atoms with E-state index in [0.717, 1.165) is 0 Å². The molecule has 0 aliphatic carbocycles. The molecule has 0 heterocycles. The van der Waals surface area contributed by atoms with Crippen molar-refractivity contribution in [1.82, 2.24) is 0 Å². The van der Waals surface area contributed by atoms with Gasteiger partial charge in [-0.2, -0.15) is 0 Å². The molecule has 0 rings (SSSR count). The van der Waals surface area contributed by atoms with E-state index >= 15 is 0 Å². The van der Waals surface area contributed by atoms with Gasteiger partial charge in [0.25, 0.3) is 0 Å². The average Bonchev–Trinajstić information content (AvgIpc) is 0.650. The predicted molar refractivity (Wildman–Crippen MR) is 35.0 cm³/mol. The van der Waals surface area contributed by atoms with Crippen LogP contribution in [0.15, 0.2) is 0 Å². The van der Waals surface area contributed by atoms with Crippen molar-refractivity contribution in [3.8, 4) is 0 Å². The molecule has 1 radical (unpaired) electrons. The molecule has 0 aliphatic rings. The monoisotopic (exact) mass is 263 g/mol. The Balaban J connectivity index is 3.73. The first kappa shape index (κ1) is 8.93. The Labute approximate surface area is 48.5 Å². The molecule has 0 spiro atoms. The zero-order chi connectivity index (χ0) is 5.45. The van der Waals surface area contributed by atoms with Gasteiger partial charge in [-0.25, -0.2) is 0 Å². The van der Waals surface area contributed by atoms with Gasteiger partial charge in [0.05, 0.1) is 0 Å². The van der Waals surface area contributed by atoms with Gasteiger partial charge in [-0.05, 0) is 0 Å². The molecular weight excluding hydrogens is 265 g/mol. The van der Waals surface area contributed by atoms with Gasteiger partial charge in [-0.1, -0.05) is 0 Å². The van der Waals surface area contributed by atoms with Gasteiger partial charge in [0.2, 0.25) is 0 Å². The minimum absolute atomic E-state index is 4.54. The van der Waals surface area contributed by atoms with E-state index in [4.69, 9.17) is 24.6 Å². The molecule has 0 N–H and O–H groups in total. The first-order valence-corrected chi connectivity index (χ1v) is 23.7. The zero-order valence-electron chi connectivity index (χ0n) is 2.60. The summed E-state index contributed by atoms with van der Waals surface area (Å²) < 4.78 is 0. The van der Waals surface area contributed by atoms with E-state index in [1.54, 1.807) is 0 Å². The topological polar surface area (TPSA) is 0 Å². The molecule has 6 heteroatoms. The molecule has 0 fully saturated rings. The fraction of sp³-hybridized carbons (Fsp3) is 0. The molecule has 0 atom stereocenters. The van der Waals surface area contributed by atoms with Crippen LogP contribution in [0.3, 0.4) is 0 Å². The van der Waals surface area contributed by atoms with Crippen molar-refractivity contribution >= 4 is 50.5 Å². The summed E-state index contributed by atoms with van der Waals surface area (Å²) in [6.45, 7) is 0. The Kier molecular flexibility index (Phi) is 3.39. The van der Waals surface area contributed by atoms with Crippen LogP contribution in [0.5, 0.6) is 0 Å². The first-order chi connectivity index (χ1) is 2.24. The summed E-state index contributed by atoms with van der Waals surface area (Å²) in [7, 11) is 0. The summed E-state index contributed by atoms with van der Waals surface area (Å²) in [6, 6.07) is 0. The van der Waals surface area contributed by atoms with Crippen LogP contribution in [0.2, 0.25) is 0 Å². The second-order valence-electron chi connectivity index (χ2n) is 1.01. The van der Waals surface area contributed by atoms with E-state index in [1.165, 1.54) is 0 Å². The molecule has 0 saturated heterocycles. The van der Waals surface area contributed by atoms with Gasteiger partial charge >= 0.3 is 50.5 Å². The third kappa shape index (κ3) is 28.4. The number of hydrogen-bond acceptors (Lipinski definition) is 0. The Morgan fingerprint density at radius 2 is 0.667 bits per heavy atom. The van der Waals surface area contributed by atoms with Crippen LogP contribution in [0.25, 0.3) is 0 Å². The van der Waals surface area contributed by atoms with Crippen molar-refractivity contribution < 1.29 is 0 Å². The molecular formula is Cl5Sr. The molecule has 0 bridgehead atoms. The van der Waals surface area contributed by atoms with Crippen LogP contribution < -0.4 is 0 Å². The summed E-state index contributed by atoms with van der Waals surface area (Å²) in [4.78, 5) is 25.4. The normalized spacial score (nSPS) is 15.0. The molecule has 0 amide bonds. The number of rotatable bonds is 0. The van der Waals surface area contributed by atoms with Crippen LogP contribution in [0.4, 0.5) is 0 Å². The average molecular weight is 265 g/mol. The molecule has 0 aromatic rings. The van der Waals surface area contributed by atoms with Gasteiger partial charge < -0.3 is 0 Å². The van der Waals surface area contributed by atoms with E-state index in [1.807, 2.05) is 0 Å². The van der Waals surface area contributed by atoms with Crippen molar-refractivity contribution in [3.63, 3.8) is 0 Å². The van der Waals surface area contributed by atoms with E-state index < -0.39 is 25.9 Å². The minimum atomic E-state index is -4.54. The molecule has 0 aromatic heterocycles. The summed E-state index contributed by atoms with van der Waals surface area (Å²) in [5.74, 6) is 0. The molecule has 6 heavy (non-hydrogen) atoms. The molecule has 0 unspecified atom stereocenters. The summed E-state index contributed by atoms with van der Waals surface area (Å²) >= 11 is -4.54. The van der Waals surface area contributed by atoms with Crippen molar-refractivity contribution in [1.29, 1.82) is 0 Å². The SMILES string of the molecule is [Cl][Sr]([Cl])([Cl])([Cl])[Cl]. The van der Waals surface area contributed by atoms with Crippen LogP contribution in [-0.2, 0) is 0 Å². The predicted octanol–water partition coefficient (Wildman–Crippen LogP) is 3.07. The fourth-order valence-corrected chi connectivity index (χ4v) is 0. The Hall–Kier alpha value is 2.93. The first-order valence-electron chi connectivity index (χ1n) is 1.34. The van der Waals surface area contributed by atoms with Crippen molar-refractivity contribution in [2.24, 2.45) is 0 Å². The Bertz CT molecular complexity index is 37.1. The quantitative estimate of drug-likeness (QED) is 0.590. The molecule has 37 valence electrons. The molecule has 0 aliphatic heterocycles. The third-order valence-corrected chi connectivity index (χ3v) is 0. The van der Waals surface area contributed by atoms with E-state index in [0.29, 0.717) is 0 Å². The van der Waals surface area contributed by atoms with E-state index in [9.17, 15) is 0 Å². The van der Waals surface area contributed by atoms with Gasteiger partial charge in [0, 0.05) is 0 Å². The second kappa shape index (κ2) is 2.28. The molecule has 0 aromatic carbocycles. The summed E-state index contributed by atoms with van der Waals surface area (Å²) in [5, 5.41) is 0. The van der Waals surface area contributed by atoms with Gasteiger partial charge in [0.1, 0.15) is 0 Å². The van der Waals surface area contributed by atoms with Crippen LogP contribution in [0, 0.1) is 0 Å². The van der Waals surface area contributed by atoms with Crippen LogP contribution in [0.1, 0.15) is 0 Å². The van der Waals surface area contributed by atoms with Gasteiger partial charge in [-0.3, -0.25) is 0 Å². The van der Waals surface area contributed by atoms with E-state index in [-0.39, 0.29) is 0 Å². The Morgan fingerprint density at radius 3 is 0.667 bits per heavy atom. The Morgan fingerprint density at radius 1 is 0.667 bits per heavy atom. The van der Waals surface area contributed by atoms with E-state index in [2.05, 4.69) is 0 Å². The van der Waals surface area contributed by atoms with Crippen LogP contribution >= 0.6 is 24.6 Å². The molecule has 0 saturated carbocycles. The van der Waals surface area contributed by atoms with Crippen LogP contribution in [-0.4, -0.2) is 25.9 Å².